The second-order valence-corrected chi connectivity index (χ2v) is 8.31. The van der Waals surface area contributed by atoms with Crippen molar-refractivity contribution in [1.82, 2.24) is 4.31 Å². The number of hydrogen-bond acceptors (Lipinski definition) is 5. The molecule has 2 aromatic carbocycles. The van der Waals surface area contributed by atoms with Crippen LogP contribution in [-0.2, 0) is 21.2 Å². The average Bonchev–Trinajstić information content (AvgIpc) is 2.70. The summed E-state index contributed by atoms with van der Waals surface area (Å²) in [6, 6.07) is 8.61. The molecule has 9 heteroatoms. The van der Waals surface area contributed by atoms with Crippen LogP contribution in [0.2, 0.25) is 0 Å². The molecule has 0 radical (unpaired) electrons. The molecular formula is C21H27FN2O5S. The summed E-state index contributed by atoms with van der Waals surface area (Å²) in [4.78, 5) is 12.6. The number of methoxy groups -OCH3 is 1. The predicted molar refractivity (Wildman–Crippen MR) is 113 cm³/mol. The van der Waals surface area contributed by atoms with Crippen LogP contribution in [0.5, 0.6) is 11.5 Å². The quantitative estimate of drug-likeness (QED) is 0.614. The number of rotatable bonds is 10. The zero-order valence-corrected chi connectivity index (χ0v) is 18.4. The van der Waals surface area contributed by atoms with Crippen molar-refractivity contribution in [3.05, 3.63) is 47.8 Å². The number of ether oxygens (including phenoxy) is 2. The summed E-state index contributed by atoms with van der Waals surface area (Å²) in [7, 11) is -2.34. The van der Waals surface area contributed by atoms with Gasteiger partial charge in [0.05, 0.1) is 30.7 Å². The third-order valence-corrected chi connectivity index (χ3v) is 6.49. The summed E-state index contributed by atoms with van der Waals surface area (Å²) in [6.45, 7) is 6.30. The number of anilines is 1. The van der Waals surface area contributed by atoms with E-state index >= 15 is 0 Å². The molecule has 0 aliphatic carbocycles. The highest BCUT2D eigenvalue weighted by molar-refractivity contribution is 7.89. The topological polar surface area (TPSA) is 84.9 Å². The number of nitrogens with zero attached hydrogens (tertiary/aromatic N) is 1. The number of sulfonamides is 1. The number of nitrogens with one attached hydrogen (secondary N) is 1. The summed E-state index contributed by atoms with van der Waals surface area (Å²) >= 11 is 0. The number of amides is 1. The van der Waals surface area contributed by atoms with Crippen LogP contribution in [0.1, 0.15) is 26.3 Å². The molecule has 0 bridgehead atoms. The number of carbonyl (C=O) groups excluding carboxylic acids is 1. The Morgan fingerprint density at radius 1 is 1.07 bits per heavy atom. The van der Waals surface area contributed by atoms with Crippen molar-refractivity contribution in [2.75, 3.05) is 32.1 Å². The van der Waals surface area contributed by atoms with Crippen LogP contribution in [-0.4, -0.2) is 45.4 Å². The SMILES string of the molecule is CCOc1ccc(S(=O)(=O)N(CC)CC)cc1NC(=O)Cc1ccc(OC)c(F)c1. The second kappa shape index (κ2) is 10.4. The average molecular weight is 439 g/mol. The Hall–Kier alpha value is -2.65. The minimum absolute atomic E-state index is 0.0560. The normalized spacial score (nSPS) is 11.4. The fraction of sp³-hybridized carbons (Fsp3) is 0.381. The van der Waals surface area contributed by atoms with Crippen molar-refractivity contribution in [2.24, 2.45) is 0 Å². The molecule has 0 aromatic heterocycles. The van der Waals surface area contributed by atoms with Gasteiger partial charge in [0.15, 0.2) is 11.6 Å². The van der Waals surface area contributed by atoms with Crippen molar-refractivity contribution < 1.29 is 27.1 Å². The first-order valence-corrected chi connectivity index (χ1v) is 11.1. The Bertz CT molecular complexity index is 991. The van der Waals surface area contributed by atoms with E-state index in [1.54, 1.807) is 26.8 Å². The van der Waals surface area contributed by atoms with Gasteiger partial charge < -0.3 is 14.8 Å². The molecule has 164 valence electrons. The van der Waals surface area contributed by atoms with Crippen LogP contribution < -0.4 is 14.8 Å². The van der Waals surface area contributed by atoms with Crippen molar-refractivity contribution >= 4 is 21.6 Å². The Morgan fingerprint density at radius 2 is 1.73 bits per heavy atom. The minimum Gasteiger partial charge on any atom is -0.494 e. The Balaban J connectivity index is 2.30. The van der Waals surface area contributed by atoms with Gasteiger partial charge in [0.25, 0.3) is 0 Å². The molecule has 0 saturated heterocycles. The molecule has 0 saturated carbocycles. The van der Waals surface area contributed by atoms with E-state index in [1.807, 2.05) is 0 Å². The Labute approximate surface area is 176 Å². The van der Waals surface area contributed by atoms with Crippen molar-refractivity contribution in [2.45, 2.75) is 32.1 Å². The maximum absolute atomic E-state index is 13.9. The van der Waals surface area contributed by atoms with Gasteiger partial charge in [-0.05, 0) is 42.8 Å². The number of benzene rings is 2. The zero-order valence-electron chi connectivity index (χ0n) is 17.6. The Morgan fingerprint density at radius 3 is 2.30 bits per heavy atom. The summed E-state index contributed by atoms with van der Waals surface area (Å²) < 4.78 is 51.2. The van der Waals surface area contributed by atoms with E-state index in [0.717, 1.165) is 0 Å². The molecule has 2 rings (SSSR count). The lowest BCUT2D eigenvalue weighted by Crippen LogP contribution is -2.30. The molecular weight excluding hydrogens is 411 g/mol. The smallest absolute Gasteiger partial charge is 0.243 e. The van der Waals surface area contributed by atoms with Crippen molar-refractivity contribution in [3.8, 4) is 11.5 Å². The van der Waals surface area contributed by atoms with Gasteiger partial charge in [0.2, 0.25) is 15.9 Å². The van der Waals surface area contributed by atoms with Crippen LogP contribution in [0.15, 0.2) is 41.3 Å². The lowest BCUT2D eigenvalue weighted by atomic mass is 10.1. The van der Waals surface area contributed by atoms with Crippen LogP contribution in [0.3, 0.4) is 0 Å². The molecule has 0 aliphatic rings. The fourth-order valence-electron chi connectivity index (χ4n) is 2.96. The van der Waals surface area contributed by atoms with Gasteiger partial charge in [-0.3, -0.25) is 4.79 Å². The van der Waals surface area contributed by atoms with E-state index in [4.69, 9.17) is 9.47 Å². The maximum Gasteiger partial charge on any atom is 0.243 e. The monoisotopic (exact) mass is 438 g/mol. The third kappa shape index (κ3) is 5.48. The molecule has 0 spiro atoms. The molecule has 30 heavy (non-hydrogen) atoms. The fourth-order valence-corrected chi connectivity index (χ4v) is 4.45. The van der Waals surface area contributed by atoms with E-state index in [9.17, 15) is 17.6 Å². The summed E-state index contributed by atoms with van der Waals surface area (Å²) in [6.07, 6.45) is -0.0977. The first kappa shape index (κ1) is 23.6. The van der Waals surface area contributed by atoms with Crippen molar-refractivity contribution in [3.63, 3.8) is 0 Å². The number of hydrogen-bond donors (Lipinski definition) is 1. The molecule has 0 aliphatic heterocycles. The van der Waals surface area contributed by atoms with Gasteiger partial charge >= 0.3 is 0 Å². The number of carbonyl (C=O) groups is 1. The van der Waals surface area contributed by atoms with Crippen LogP contribution in [0.4, 0.5) is 10.1 Å². The molecule has 1 N–H and O–H groups in total. The summed E-state index contributed by atoms with van der Waals surface area (Å²) in [5.74, 6) is -0.555. The van der Waals surface area contributed by atoms with Gasteiger partial charge in [-0.2, -0.15) is 4.31 Å². The highest BCUT2D eigenvalue weighted by Gasteiger charge is 2.23. The second-order valence-electron chi connectivity index (χ2n) is 6.37. The Kier molecular flexibility index (Phi) is 8.19. The van der Waals surface area contributed by atoms with E-state index in [2.05, 4.69) is 5.32 Å². The largest absolute Gasteiger partial charge is 0.494 e. The van der Waals surface area contributed by atoms with Crippen molar-refractivity contribution in [1.29, 1.82) is 0 Å². The minimum atomic E-state index is -3.70. The van der Waals surface area contributed by atoms with E-state index in [1.165, 1.54) is 41.7 Å². The van der Waals surface area contributed by atoms with E-state index in [-0.39, 0.29) is 22.8 Å². The lowest BCUT2D eigenvalue weighted by Gasteiger charge is -2.20. The van der Waals surface area contributed by atoms with Gasteiger partial charge in [-0.25, -0.2) is 12.8 Å². The standard InChI is InChI=1S/C21H27FN2O5S/c1-5-24(6-2)30(26,27)16-9-11-20(29-7-3)18(14-16)23-21(25)13-15-8-10-19(28-4)17(22)12-15/h8-12,14H,5-7,13H2,1-4H3,(H,23,25). The highest BCUT2D eigenvalue weighted by Crippen LogP contribution is 2.29. The van der Waals surface area contributed by atoms with Gasteiger partial charge in [-0.15, -0.1) is 0 Å². The van der Waals surface area contributed by atoms with Crippen LogP contribution in [0.25, 0.3) is 0 Å². The van der Waals surface area contributed by atoms with Gasteiger partial charge in [0.1, 0.15) is 5.75 Å². The lowest BCUT2D eigenvalue weighted by molar-refractivity contribution is -0.115. The van der Waals surface area contributed by atoms with Crippen LogP contribution in [0, 0.1) is 5.82 Å². The third-order valence-electron chi connectivity index (χ3n) is 4.45. The van der Waals surface area contributed by atoms with Gasteiger partial charge in [0, 0.05) is 13.1 Å². The first-order chi connectivity index (χ1) is 14.3. The molecule has 0 atom stereocenters. The molecule has 2 aromatic rings. The first-order valence-electron chi connectivity index (χ1n) is 9.66. The summed E-state index contributed by atoms with van der Waals surface area (Å²) in [5.41, 5.74) is 0.694. The van der Waals surface area contributed by atoms with E-state index in [0.29, 0.717) is 31.0 Å². The van der Waals surface area contributed by atoms with E-state index < -0.39 is 21.7 Å². The molecule has 0 unspecified atom stereocenters. The molecule has 0 fully saturated rings. The van der Waals surface area contributed by atoms with Crippen LogP contribution >= 0.6 is 0 Å². The molecule has 0 heterocycles. The zero-order chi connectivity index (χ0) is 22.3. The highest BCUT2D eigenvalue weighted by atomic mass is 32.2. The van der Waals surface area contributed by atoms with Gasteiger partial charge in [-0.1, -0.05) is 19.9 Å². The number of halogens is 1. The predicted octanol–water partition coefficient (Wildman–Crippen LogP) is 3.44. The molecule has 1 amide bonds. The maximum atomic E-state index is 13.9. The summed E-state index contributed by atoms with van der Waals surface area (Å²) in [5, 5.41) is 2.68. The molecule has 7 nitrogen and oxygen atoms in total.